The van der Waals surface area contributed by atoms with E-state index in [4.69, 9.17) is 0 Å². The van der Waals surface area contributed by atoms with Gasteiger partial charge in [-0.2, -0.15) is 0 Å². The average Bonchev–Trinajstić information content (AvgIpc) is 2.60. The smallest absolute Gasteiger partial charge is 0.0613 e. The summed E-state index contributed by atoms with van der Waals surface area (Å²) < 4.78 is 0. The van der Waals surface area contributed by atoms with Gasteiger partial charge in [-0.15, -0.1) is 0 Å². The Labute approximate surface area is 93.3 Å². The minimum absolute atomic E-state index is 0.0549. The van der Waals surface area contributed by atoms with Crippen molar-refractivity contribution in [1.29, 1.82) is 0 Å². The fourth-order valence-electron chi connectivity index (χ4n) is 2.51. The van der Waals surface area contributed by atoms with Crippen LogP contribution in [0.4, 0.5) is 0 Å². The second-order valence-corrected chi connectivity index (χ2v) is 6.84. The van der Waals surface area contributed by atoms with Crippen molar-refractivity contribution in [2.24, 2.45) is 0 Å². The molecule has 15 heavy (non-hydrogen) atoms. The third-order valence-electron chi connectivity index (χ3n) is 3.35. The quantitative estimate of drug-likeness (QED) is 0.763. The number of hydrogen-bond donors (Lipinski definition) is 1. The Morgan fingerprint density at radius 3 is 2.80 bits per heavy atom. The maximum atomic E-state index is 9.93. The second kappa shape index (κ2) is 4.63. The summed E-state index contributed by atoms with van der Waals surface area (Å²) in [6.45, 7) is 4.39. The normalized spacial score (nSPS) is 30.7. The van der Waals surface area contributed by atoms with Gasteiger partial charge in [0, 0.05) is 5.66 Å². The highest BCUT2D eigenvalue weighted by molar-refractivity contribution is 7.66. The van der Waals surface area contributed by atoms with E-state index in [9.17, 15) is 5.11 Å². The molecule has 2 heteroatoms. The summed E-state index contributed by atoms with van der Waals surface area (Å²) in [7, 11) is -0.114. The van der Waals surface area contributed by atoms with E-state index < -0.39 is 0 Å². The first kappa shape index (κ1) is 11.1. The summed E-state index contributed by atoms with van der Waals surface area (Å²) in [6.07, 6.45) is 3.26. The minimum Gasteiger partial charge on any atom is -0.392 e. The van der Waals surface area contributed by atoms with Crippen molar-refractivity contribution >= 4 is 13.2 Å². The molecule has 1 heterocycles. The van der Waals surface area contributed by atoms with Gasteiger partial charge in [0.05, 0.1) is 6.10 Å². The number of aryl methyl sites for hydroxylation is 1. The Kier molecular flexibility index (Phi) is 3.43. The monoisotopic (exact) mass is 222 g/mol. The van der Waals surface area contributed by atoms with E-state index in [-0.39, 0.29) is 14.0 Å². The molecule has 1 aromatic carbocycles. The molecule has 0 spiro atoms. The Balaban J connectivity index is 2.28. The van der Waals surface area contributed by atoms with Gasteiger partial charge in [0.1, 0.15) is 0 Å². The zero-order valence-corrected chi connectivity index (χ0v) is 10.4. The molecule has 0 aliphatic carbocycles. The highest BCUT2D eigenvalue weighted by Crippen LogP contribution is 2.50. The van der Waals surface area contributed by atoms with Crippen LogP contribution in [0.25, 0.3) is 0 Å². The number of aliphatic hydroxyl groups is 1. The second-order valence-electron chi connectivity index (χ2n) is 4.31. The van der Waals surface area contributed by atoms with Crippen molar-refractivity contribution in [3.63, 3.8) is 0 Å². The third kappa shape index (κ3) is 2.09. The van der Waals surface area contributed by atoms with Crippen LogP contribution in [0.15, 0.2) is 24.3 Å². The largest absolute Gasteiger partial charge is 0.392 e. The van der Waals surface area contributed by atoms with E-state index in [1.165, 1.54) is 17.0 Å². The molecule has 1 fully saturated rings. The highest BCUT2D eigenvalue weighted by Gasteiger charge is 2.34. The van der Waals surface area contributed by atoms with Crippen LogP contribution in [0.2, 0.25) is 0 Å². The van der Waals surface area contributed by atoms with Crippen LogP contribution in [0, 0.1) is 6.92 Å². The molecule has 1 aliphatic heterocycles. The Morgan fingerprint density at radius 1 is 1.40 bits per heavy atom. The average molecular weight is 222 g/mol. The molecular weight excluding hydrogens is 203 g/mol. The summed E-state index contributed by atoms with van der Waals surface area (Å²) in [6, 6.07) is 8.67. The maximum absolute atomic E-state index is 9.93. The summed E-state index contributed by atoms with van der Waals surface area (Å²) >= 11 is 0. The van der Waals surface area contributed by atoms with E-state index in [1.807, 2.05) is 0 Å². The molecule has 1 nitrogen and oxygen atoms in total. The van der Waals surface area contributed by atoms with Gasteiger partial charge in [0.15, 0.2) is 0 Å². The zero-order chi connectivity index (χ0) is 10.8. The lowest BCUT2D eigenvalue weighted by atomic mass is 10.2. The lowest BCUT2D eigenvalue weighted by Crippen LogP contribution is -2.20. The molecular formula is C13H19OP. The number of benzene rings is 1. The molecule has 1 saturated heterocycles. The molecule has 3 atom stereocenters. The van der Waals surface area contributed by atoms with E-state index >= 15 is 0 Å². The van der Waals surface area contributed by atoms with Crippen LogP contribution in [-0.4, -0.2) is 23.0 Å². The first-order valence-corrected chi connectivity index (χ1v) is 7.34. The first-order chi connectivity index (χ1) is 7.24. The first-order valence-electron chi connectivity index (χ1n) is 5.74. The van der Waals surface area contributed by atoms with E-state index in [1.54, 1.807) is 0 Å². The maximum Gasteiger partial charge on any atom is 0.0613 e. The van der Waals surface area contributed by atoms with Crippen LogP contribution in [0.3, 0.4) is 0 Å². The van der Waals surface area contributed by atoms with Crippen molar-refractivity contribution in [3.8, 4) is 0 Å². The van der Waals surface area contributed by atoms with Crippen LogP contribution < -0.4 is 5.30 Å². The van der Waals surface area contributed by atoms with Crippen LogP contribution in [0.5, 0.6) is 0 Å². The van der Waals surface area contributed by atoms with Crippen molar-refractivity contribution in [3.05, 3.63) is 29.8 Å². The zero-order valence-electron chi connectivity index (χ0n) is 9.48. The molecule has 0 saturated carbocycles. The number of aliphatic hydroxyl groups excluding tert-OH is 1. The number of hydrogen-bond acceptors (Lipinski definition) is 1. The standard InChI is InChI=1S/C13H19OP/c1-3-12-11(14)8-9-15(12)13-7-5-4-6-10(13)2/h4-7,11-12,14H,3,8-9H2,1-2H3. The van der Waals surface area contributed by atoms with Gasteiger partial charge in [-0.3, -0.25) is 0 Å². The summed E-state index contributed by atoms with van der Waals surface area (Å²) in [5.74, 6) is 0. The van der Waals surface area contributed by atoms with E-state index in [2.05, 4.69) is 38.1 Å². The van der Waals surface area contributed by atoms with Crippen LogP contribution in [-0.2, 0) is 0 Å². The molecule has 0 amide bonds. The van der Waals surface area contributed by atoms with Crippen molar-refractivity contribution in [2.75, 3.05) is 6.16 Å². The van der Waals surface area contributed by atoms with Gasteiger partial charge >= 0.3 is 0 Å². The van der Waals surface area contributed by atoms with Crippen LogP contribution in [0.1, 0.15) is 25.3 Å². The molecule has 1 aromatic rings. The molecule has 0 radical (unpaired) electrons. The summed E-state index contributed by atoms with van der Waals surface area (Å²) in [5.41, 5.74) is 1.93. The molecule has 0 bridgehead atoms. The minimum atomic E-state index is -0.114. The number of rotatable bonds is 2. The Hall–Kier alpha value is -0.390. The highest BCUT2D eigenvalue weighted by atomic mass is 31.1. The fraction of sp³-hybridized carbons (Fsp3) is 0.538. The van der Waals surface area contributed by atoms with Crippen molar-refractivity contribution in [2.45, 2.75) is 38.5 Å². The summed E-state index contributed by atoms with van der Waals surface area (Å²) in [4.78, 5) is 0. The van der Waals surface area contributed by atoms with Gasteiger partial charge in [-0.25, -0.2) is 0 Å². The topological polar surface area (TPSA) is 20.2 Å². The van der Waals surface area contributed by atoms with Crippen molar-refractivity contribution in [1.82, 2.24) is 0 Å². The Morgan fingerprint density at radius 2 is 2.13 bits per heavy atom. The predicted octanol–water partition coefficient (Wildman–Crippen LogP) is 2.65. The lowest BCUT2D eigenvalue weighted by Gasteiger charge is -2.22. The lowest BCUT2D eigenvalue weighted by molar-refractivity contribution is 0.173. The van der Waals surface area contributed by atoms with Crippen molar-refractivity contribution < 1.29 is 5.11 Å². The molecule has 2 rings (SSSR count). The summed E-state index contributed by atoms with van der Waals surface area (Å²) in [5, 5.41) is 11.4. The molecule has 1 N–H and O–H groups in total. The molecule has 3 unspecified atom stereocenters. The fourth-order valence-corrected chi connectivity index (χ4v) is 5.80. The SMILES string of the molecule is CCC1C(O)CCP1c1ccccc1C. The third-order valence-corrected chi connectivity index (χ3v) is 6.72. The van der Waals surface area contributed by atoms with E-state index in [0.29, 0.717) is 5.66 Å². The molecule has 1 aliphatic rings. The molecule has 0 aromatic heterocycles. The van der Waals surface area contributed by atoms with Gasteiger partial charge in [0.25, 0.3) is 0 Å². The molecule has 82 valence electrons. The van der Waals surface area contributed by atoms with Gasteiger partial charge in [-0.05, 0) is 36.8 Å². The van der Waals surface area contributed by atoms with Gasteiger partial charge in [-0.1, -0.05) is 39.1 Å². The van der Waals surface area contributed by atoms with E-state index in [0.717, 1.165) is 12.8 Å². The Bertz CT molecular complexity index is 337. The van der Waals surface area contributed by atoms with Crippen LogP contribution >= 0.6 is 7.92 Å². The predicted molar refractivity (Wildman–Crippen MR) is 67.3 cm³/mol. The van der Waals surface area contributed by atoms with Gasteiger partial charge < -0.3 is 5.11 Å². The van der Waals surface area contributed by atoms with Gasteiger partial charge in [0.2, 0.25) is 0 Å².